The summed E-state index contributed by atoms with van der Waals surface area (Å²) in [7, 11) is 0. The van der Waals surface area contributed by atoms with E-state index in [0.717, 1.165) is 6.08 Å². The summed E-state index contributed by atoms with van der Waals surface area (Å²) >= 11 is 0. The summed E-state index contributed by atoms with van der Waals surface area (Å²) in [6.45, 7) is 8.15. The molecule has 3 heteroatoms. The second kappa shape index (κ2) is 15.7. The molecule has 0 saturated carbocycles. The summed E-state index contributed by atoms with van der Waals surface area (Å²) in [5.41, 5.74) is 0. The largest absolute Gasteiger partial charge is 1.00 e. The van der Waals surface area contributed by atoms with Gasteiger partial charge in [-0.2, -0.15) is 0 Å². The van der Waals surface area contributed by atoms with Crippen molar-refractivity contribution in [3.05, 3.63) is 25.3 Å². The summed E-state index contributed by atoms with van der Waals surface area (Å²) in [5.74, 6) is -1.23. The van der Waals surface area contributed by atoms with Gasteiger partial charge >= 0.3 is 29.6 Å². The van der Waals surface area contributed by atoms with Gasteiger partial charge in [0.15, 0.2) is 0 Å². The number of carboxylic acid groups (broad SMARTS) is 1. The fourth-order valence-corrected chi connectivity index (χ4v) is 0. The molecule has 0 saturated heterocycles. The number of carbonyl (C=O) groups excluding carboxylic acids is 1. The van der Waals surface area contributed by atoms with Crippen LogP contribution in [-0.2, 0) is 4.79 Å². The Balaban J connectivity index is -0.0000000800. The Hall–Kier alpha value is -0.0500. The zero-order valence-corrected chi connectivity index (χ0v) is 7.89. The maximum Gasteiger partial charge on any atom is 1.00 e. The van der Waals surface area contributed by atoms with E-state index in [9.17, 15) is 0 Å². The molecule has 0 aliphatic rings. The number of carboxylic acids is 1. The normalized spacial score (nSPS) is 5.00. The van der Waals surface area contributed by atoms with E-state index < -0.39 is 5.97 Å². The molecule has 2 nitrogen and oxygen atoms in total. The molecule has 0 fully saturated rings. The molecule has 0 bridgehead atoms. The van der Waals surface area contributed by atoms with Crippen molar-refractivity contribution < 1.29 is 39.5 Å². The van der Waals surface area contributed by atoms with Crippen LogP contribution in [-0.4, -0.2) is 5.97 Å². The van der Waals surface area contributed by atoms with Crippen molar-refractivity contribution >= 4 is 5.97 Å². The first-order valence-corrected chi connectivity index (χ1v) is 2.09. The predicted octanol–water partition coefficient (Wildman–Crippen LogP) is -2.88. The van der Waals surface area contributed by atoms with Gasteiger partial charge in [-0.3, -0.25) is 0 Å². The summed E-state index contributed by atoms with van der Waals surface area (Å²) in [5, 5.41) is 9.14. The third-order valence-corrected chi connectivity index (χ3v) is 0.167. The Morgan fingerprint density at radius 2 is 1.67 bits per heavy atom. The Morgan fingerprint density at radius 3 is 1.67 bits per heavy atom. The Morgan fingerprint density at radius 1 is 1.56 bits per heavy atom. The van der Waals surface area contributed by atoms with Crippen LogP contribution < -0.4 is 34.7 Å². The molecule has 46 valence electrons. The van der Waals surface area contributed by atoms with Crippen LogP contribution in [0.2, 0.25) is 0 Å². The second-order valence-electron chi connectivity index (χ2n) is 0.931. The van der Waals surface area contributed by atoms with E-state index in [1.54, 1.807) is 6.08 Å². The molecule has 0 unspecified atom stereocenters. The molecule has 0 aromatic carbocycles. The van der Waals surface area contributed by atoms with Crippen LogP contribution in [0.1, 0.15) is 6.92 Å². The zero-order valence-electron chi connectivity index (χ0n) is 5.89. The first-order chi connectivity index (χ1) is 3.68. The van der Waals surface area contributed by atoms with Crippen molar-refractivity contribution in [2.45, 2.75) is 6.92 Å². The van der Waals surface area contributed by atoms with Crippen LogP contribution in [0, 0.1) is 0 Å². The molecule has 0 aromatic heterocycles. The van der Waals surface area contributed by atoms with Crippen LogP contribution >= 0.6 is 0 Å². The topological polar surface area (TPSA) is 40.1 Å². The van der Waals surface area contributed by atoms with E-state index in [-0.39, 0.29) is 29.6 Å². The Labute approximate surface area is 77.6 Å². The van der Waals surface area contributed by atoms with Crippen LogP contribution in [0.5, 0.6) is 0 Å². The van der Waals surface area contributed by atoms with Gasteiger partial charge in [0.2, 0.25) is 0 Å². The van der Waals surface area contributed by atoms with Crippen LogP contribution in [0.3, 0.4) is 0 Å². The molecule has 0 aromatic rings. The third kappa shape index (κ3) is 74.0. The first-order valence-electron chi connectivity index (χ1n) is 2.09. The molecular formula is C6H9NaO2. The van der Waals surface area contributed by atoms with Crippen LogP contribution in [0.4, 0.5) is 0 Å². The van der Waals surface area contributed by atoms with Crippen LogP contribution in [0.25, 0.3) is 0 Å². The third-order valence-electron chi connectivity index (χ3n) is 0.167. The number of hydrogen-bond donors (Lipinski definition) is 0. The number of hydrogen-bond acceptors (Lipinski definition) is 2. The van der Waals surface area contributed by atoms with Gasteiger partial charge in [0, 0.05) is 0 Å². The summed E-state index contributed by atoms with van der Waals surface area (Å²) in [6.07, 6.45) is 2.47. The van der Waals surface area contributed by atoms with Crippen molar-refractivity contribution in [3.63, 3.8) is 0 Å². The van der Waals surface area contributed by atoms with Crippen molar-refractivity contribution in [1.29, 1.82) is 0 Å². The van der Waals surface area contributed by atoms with E-state index in [1.807, 2.05) is 6.92 Å². The fraction of sp³-hybridized carbons (Fsp3) is 0.167. The van der Waals surface area contributed by atoms with Crippen molar-refractivity contribution in [2.75, 3.05) is 0 Å². The molecule has 0 aliphatic heterocycles. The minimum absolute atomic E-state index is 0. The van der Waals surface area contributed by atoms with E-state index >= 15 is 0 Å². The van der Waals surface area contributed by atoms with E-state index in [2.05, 4.69) is 13.2 Å². The zero-order chi connectivity index (χ0) is 6.99. The Kier molecular flexibility index (Phi) is 27.8. The number of rotatable bonds is 1. The molecule has 0 amide bonds. The molecule has 0 radical (unpaired) electrons. The summed E-state index contributed by atoms with van der Waals surface area (Å²) in [6, 6.07) is 0. The Bertz CT molecular complexity index is 89.1. The van der Waals surface area contributed by atoms with Crippen LogP contribution in [0.15, 0.2) is 25.3 Å². The number of carbonyl (C=O) groups is 1. The van der Waals surface area contributed by atoms with Gasteiger partial charge in [0.25, 0.3) is 0 Å². The van der Waals surface area contributed by atoms with E-state index in [0.29, 0.717) is 0 Å². The maximum absolute atomic E-state index is 9.14. The van der Waals surface area contributed by atoms with Crippen molar-refractivity contribution in [1.82, 2.24) is 0 Å². The quantitative estimate of drug-likeness (QED) is 0.221. The van der Waals surface area contributed by atoms with E-state index in [4.69, 9.17) is 9.90 Å². The van der Waals surface area contributed by atoms with Gasteiger partial charge in [0.1, 0.15) is 0 Å². The standard InChI is InChI=1S/C3H4O2.C3H6.Na/c1-2-3(4)5;1-3-2;/h2H,1H2,(H,4,5);3H,1H2,2H3;/q;;+1/p-1. The SMILES string of the molecule is C=CC.C=CC(=O)[O-].[Na+]. The molecule has 0 rings (SSSR count). The molecule has 9 heavy (non-hydrogen) atoms. The first kappa shape index (κ1) is 16.0. The molecular weight excluding hydrogens is 127 g/mol. The fourth-order valence-electron chi connectivity index (χ4n) is 0. The average Bonchev–Trinajstić information content (AvgIpc) is 1.69. The second-order valence-corrected chi connectivity index (χ2v) is 0.931. The molecule has 0 N–H and O–H groups in total. The van der Waals surface area contributed by atoms with Crippen molar-refractivity contribution in [2.24, 2.45) is 0 Å². The summed E-state index contributed by atoms with van der Waals surface area (Å²) in [4.78, 5) is 9.14. The number of allylic oxidation sites excluding steroid dienone is 1. The summed E-state index contributed by atoms with van der Waals surface area (Å²) < 4.78 is 0. The smallest absolute Gasteiger partial charge is 0.545 e. The average molecular weight is 136 g/mol. The minimum atomic E-state index is -1.23. The molecule has 0 aliphatic carbocycles. The predicted molar refractivity (Wildman–Crippen MR) is 31.1 cm³/mol. The van der Waals surface area contributed by atoms with Gasteiger partial charge in [-0.1, -0.05) is 12.7 Å². The van der Waals surface area contributed by atoms with E-state index in [1.165, 1.54) is 0 Å². The van der Waals surface area contributed by atoms with Gasteiger partial charge in [-0.05, 0) is 13.0 Å². The maximum atomic E-state index is 9.14. The van der Waals surface area contributed by atoms with Gasteiger partial charge in [-0.25, -0.2) is 0 Å². The monoisotopic (exact) mass is 136 g/mol. The minimum Gasteiger partial charge on any atom is -0.545 e. The number of aliphatic carboxylic acids is 1. The van der Waals surface area contributed by atoms with Gasteiger partial charge < -0.3 is 9.90 Å². The molecule has 0 spiro atoms. The van der Waals surface area contributed by atoms with Crippen molar-refractivity contribution in [3.8, 4) is 0 Å². The van der Waals surface area contributed by atoms with Gasteiger partial charge in [-0.15, -0.1) is 6.58 Å². The molecule has 0 atom stereocenters. The van der Waals surface area contributed by atoms with Gasteiger partial charge in [0.05, 0.1) is 5.97 Å². The molecule has 0 heterocycles.